The number of amides is 4. The molecule has 160 valence electrons. The van der Waals surface area contributed by atoms with Crippen LogP contribution < -0.4 is 10.6 Å². The van der Waals surface area contributed by atoms with Crippen molar-refractivity contribution < 1.29 is 23.6 Å². The molecule has 2 unspecified atom stereocenters. The Hall–Kier alpha value is -3.26. The molecule has 2 aromatic carbocycles. The van der Waals surface area contributed by atoms with E-state index in [1.54, 1.807) is 25.1 Å². The Morgan fingerprint density at radius 1 is 1.23 bits per heavy atom. The van der Waals surface area contributed by atoms with Crippen molar-refractivity contribution in [1.82, 2.24) is 15.5 Å². The number of rotatable bonds is 4. The van der Waals surface area contributed by atoms with Gasteiger partial charge in [-0.15, -0.1) is 0 Å². The SMILES string of the molecule is CC(NC(=O)c1ccc2c(c1)CN(C1CCC(=O)NC1=O)C2=O)c1ccc(Cl)cc1F. The van der Waals surface area contributed by atoms with Crippen LogP contribution in [0, 0.1) is 5.82 Å². The van der Waals surface area contributed by atoms with Crippen LogP contribution in [0.5, 0.6) is 0 Å². The molecule has 0 radical (unpaired) electrons. The normalized spacial score (nSPS) is 19.1. The molecular formula is C22H19ClFN3O4. The zero-order valence-corrected chi connectivity index (χ0v) is 17.3. The van der Waals surface area contributed by atoms with Crippen molar-refractivity contribution in [1.29, 1.82) is 0 Å². The molecule has 2 aliphatic heterocycles. The van der Waals surface area contributed by atoms with Crippen LogP contribution in [-0.4, -0.2) is 34.6 Å². The van der Waals surface area contributed by atoms with Gasteiger partial charge in [0.25, 0.3) is 11.8 Å². The number of hydrogen-bond acceptors (Lipinski definition) is 4. The Labute approximate surface area is 182 Å². The molecule has 2 N–H and O–H groups in total. The smallest absolute Gasteiger partial charge is 0.255 e. The Kier molecular flexibility index (Phi) is 5.49. The maximum absolute atomic E-state index is 14.1. The molecule has 2 heterocycles. The number of nitrogens with zero attached hydrogens (tertiary/aromatic N) is 1. The number of carbonyl (C=O) groups excluding carboxylic acids is 4. The maximum atomic E-state index is 14.1. The second kappa shape index (κ2) is 8.11. The largest absolute Gasteiger partial charge is 0.345 e. The first kappa shape index (κ1) is 21.0. The summed E-state index contributed by atoms with van der Waals surface area (Å²) >= 11 is 5.77. The number of halogens is 2. The van der Waals surface area contributed by atoms with Crippen LogP contribution in [0.3, 0.4) is 0 Å². The molecule has 0 aromatic heterocycles. The summed E-state index contributed by atoms with van der Waals surface area (Å²) in [4.78, 5) is 50.4. The third-order valence-corrected chi connectivity index (χ3v) is 5.80. The van der Waals surface area contributed by atoms with E-state index < -0.39 is 29.7 Å². The van der Waals surface area contributed by atoms with Gasteiger partial charge in [0, 0.05) is 34.7 Å². The van der Waals surface area contributed by atoms with E-state index in [0.29, 0.717) is 22.3 Å². The van der Waals surface area contributed by atoms with Crippen LogP contribution in [0.1, 0.15) is 57.7 Å². The average molecular weight is 444 g/mol. The summed E-state index contributed by atoms with van der Waals surface area (Å²) < 4.78 is 14.1. The molecular weight excluding hydrogens is 425 g/mol. The van der Waals surface area contributed by atoms with Crippen molar-refractivity contribution in [2.24, 2.45) is 0 Å². The predicted octanol–water partition coefficient (Wildman–Crippen LogP) is 2.73. The highest BCUT2D eigenvalue weighted by Crippen LogP contribution is 2.28. The van der Waals surface area contributed by atoms with Crippen LogP contribution in [0.25, 0.3) is 0 Å². The fraction of sp³-hybridized carbons (Fsp3) is 0.273. The number of imide groups is 1. The molecule has 2 atom stereocenters. The molecule has 0 aliphatic carbocycles. The minimum absolute atomic E-state index is 0.170. The highest BCUT2D eigenvalue weighted by atomic mass is 35.5. The molecule has 1 fully saturated rings. The van der Waals surface area contributed by atoms with Gasteiger partial charge in [0.2, 0.25) is 11.8 Å². The summed E-state index contributed by atoms with van der Waals surface area (Å²) in [5.41, 5.74) is 1.65. The van der Waals surface area contributed by atoms with Crippen molar-refractivity contribution in [3.05, 3.63) is 69.5 Å². The third-order valence-electron chi connectivity index (χ3n) is 5.56. The zero-order chi connectivity index (χ0) is 22.3. The van der Waals surface area contributed by atoms with Gasteiger partial charge in [-0.1, -0.05) is 17.7 Å². The first-order valence-electron chi connectivity index (χ1n) is 9.78. The molecule has 9 heteroatoms. The van der Waals surface area contributed by atoms with Gasteiger partial charge in [0.15, 0.2) is 0 Å². The van der Waals surface area contributed by atoms with Gasteiger partial charge in [-0.25, -0.2) is 4.39 Å². The fourth-order valence-corrected chi connectivity index (χ4v) is 4.08. The topological polar surface area (TPSA) is 95.6 Å². The second-order valence-electron chi connectivity index (χ2n) is 7.63. The Balaban J connectivity index is 1.49. The van der Waals surface area contributed by atoms with Crippen LogP contribution in [0.15, 0.2) is 36.4 Å². The van der Waals surface area contributed by atoms with Crippen molar-refractivity contribution in [2.45, 2.75) is 38.4 Å². The lowest BCUT2D eigenvalue weighted by Gasteiger charge is -2.29. The van der Waals surface area contributed by atoms with Gasteiger partial charge < -0.3 is 10.2 Å². The van der Waals surface area contributed by atoms with Crippen molar-refractivity contribution in [3.63, 3.8) is 0 Å². The summed E-state index contributed by atoms with van der Waals surface area (Å²) in [6, 6.07) is 7.59. The van der Waals surface area contributed by atoms with Crippen LogP contribution in [0.2, 0.25) is 5.02 Å². The van der Waals surface area contributed by atoms with Gasteiger partial charge >= 0.3 is 0 Å². The lowest BCUT2D eigenvalue weighted by atomic mass is 10.0. The van der Waals surface area contributed by atoms with Crippen molar-refractivity contribution in [2.75, 3.05) is 0 Å². The van der Waals surface area contributed by atoms with Crippen molar-refractivity contribution >= 4 is 35.2 Å². The van der Waals surface area contributed by atoms with Crippen molar-refractivity contribution in [3.8, 4) is 0 Å². The Morgan fingerprint density at radius 3 is 2.71 bits per heavy atom. The highest BCUT2D eigenvalue weighted by molar-refractivity contribution is 6.30. The summed E-state index contributed by atoms with van der Waals surface area (Å²) in [6.07, 6.45) is 0.436. The third kappa shape index (κ3) is 4.03. The van der Waals surface area contributed by atoms with E-state index in [-0.39, 0.29) is 36.2 Å². The first-order valence-corrected chi connectivity index (χ1v) is 10.2. The standard InChI is InChI=1S/C22H19ClFN3O4/c1-11(15-5-3-14(23)9-17(15)24)25-20(29)12-2-4-16-13(8-12)10-27(22(16)31)18-6-7-19(28)26-21(18)30/h2-5,8-9,11,18H,6-7,10H2,1H3,(H,25,29)(H,26,28,30). The van der Waals surface area contributed by atoms with Gasteiger partial charge in [0.05, 0.1) is 6.04 Å². The quantitative estimate of drug-likeness (QED) is 0.710. The summed E-state index contributed by atoms with van der Waals surface area (Å²) in [7, 11) is 0. The maximum Gasteiger partial charge on any atom is 0.255 e. The van der Waals surface area contributed by atoms with Gasteiger partial charge in [-0.05, 0) is 49.2 Å². The lowest BCUT2D eigenvalue weighted by Crippen LogP contribution is -2.52. The molecule has 4 rings (SSSR count). The lowest BCUT2D eigenvalue weighted by molar-refractivity contribution is -0.136. The molecule has 2 aliphatic rings. The number of benzene rings is 2. The van der Waals surface area contributed by atoms with Crippen LogP contribution in [0.4, 0.5) is 4.39 Å². The first-order chi connectivity index (χ1) is 14.7. The molecule has 31 heavy (non-hydrogen) atoms. The van der Waals surface area contributed by atoms with Crippen LogP contribution in [-0.2, 0) is 16.1 Å². The van der Waals surface area contributed by atoms with E-state index in [4.69, 9.17) is 11.6 Å². The van der Waals surface area contributed by atoms with Crippen LogP contribution >= 0.6 is 11.6 Å². The van der Waals surface area contributed by atoms with Gasteiger partial charge in [-0.2, -0.15) is 0 Å². The molecule has 2 aromatic rings. The van der Waals surface area contributed by atoms with E-state index in [1.807, 2.05) is 0 Å². The van der Waals surface area contributed by atoms with E-state index in [1.165, 1.54) is 23.1 Å². The minimum Gasteiger partial charge on any atom is -0.345 e. The monoisotopic (exact) mass is 443 g/mol. The zero-order valence-electron chi connectivity index (χ0n) is 16.6. The number of fused-ring (bicyclic) bond motifs is 1. The van der Waals surface area contributed by atoms with E-state index in [9.17, 15) is 23.6 Å². The molecule has 4 amide bonds. The molecule has 0 bridgehead atoms. The average Bonchev–Trinajstić information content (AvgIpc) is 3.03. The summed E-state index contributed by atoms with van der Waals surface area (Å²) in [5, 5.41) is 5.26. The molecule has 1 saturated heterocycles. The molecule has 7 nitrogen and oxygen atoms in total. The Morgan fingerprint density at radius 2 is 2.00 bits per heavy atom. The van der Waals surface area contributed by atoms with Gasteiger partial charge in [-0.3, -0.25) is 24.5 Å². The van der Waals surface area contributed by atoms with E-state index in [2.05, 4.69) is 10.6 Å². The fourth-order valence-electron chi connectivity index (χ4n) is 3.93. The summed E-state index contributed by atoms with van der Waals surface area (Å²) in [6.45, 7) is 1.83. The minimum atomic E-state index is -0.720. The molecule has 0 saturated carbocycles. The van der Waals surface area contributed by atoms with E-state index >= 15 is 0 Å². The number of nitrogens with one attached hydrogen (secondary N) is 2. The summed E-state index contributed by atoms with van der Waals surface area (Å²) in [5.74, 6) is -2.09. The number of hydrogen-bond donors (Lipinski definition) is 2. The predicted molar refractivity (Wildman–Crippen MR) is 110 cm³/mol. The highest BCUT2D eigenvalue weighted by Gasteiger charge is 2.39. The Bertz CT molecular complexity index is 1120. The van der Waals surface area contributed by atoms with E-state index in [0.717, 1.165) is 0 Å². The van der Waals surface area contributed by atoms with Gasteiger partial charge in [0.1, 0.15) is 11.9 Å². The number of piperidine rings is 1. The molecule has 0 spiro atoms. The number of carbonyl (C=O) groups is 4. The second-order valence-corrected chi connectivity index (χ2v) is 8.07.